The quantitative estimate of drug-likeness (QED) is 0.761. The van der Waals surface area contributed by atoms with E-state index in [0.717, 1.165) is 37.1 Å². The van der Waals surface area contributed by atoms with Gasteiger partial charge in [-0.15, -0.1) is 0 Å². The molecule has 1 amide bonds. The number of nitriles is 1. The molecule has 3 heterocycles. The van der Waals surface area contributed by atoms with E-state index in [-0.39, 0.29) is 11.8 Å². The van der Waals surface area contributed by atoms with E-state index >= 15 is 0 Å². The number of aromatic hydroxyl groups is 1. The largest absolute Gasteiger partial charge is 0.493 e. The Kier molecular flexibility index (Phi) is 4.53. The number of benzene rings is 1. The monoisotopic (exact) mass is 373 g/mol. The van der Waals surface area contributed by atoms with Crippen molar-refractivity contribution in [2.24, 2.45) is 0 Å². The minimum Gasteiger partial charge on any atom is -0.493 e. The molecule has 28 heavy (non-hydrogen) atoms. The van der Waals surface area contributed by atoms with Gasteiger partial charge in [0.1, 0.15) is 0 Å². The van der Waals surface area contributed by atoms with Gasteiger partial charge in [0, 0.05) is 19.3 Å². The molecule has 0 radical (unpaired) electrons. The summed E-state index contributed by atoms with van der Waals surface area (Å²) in [6.45, 7) is 3.45. The highest BCUT2D eigenvalue weighted by atomic mass is 16.3. The molecule has 1 aliphatic heterocycles. The van der Waals surface area contributed by atoms with Crippen LogP contribution in [0, 0.1) is 18.3 Å². The molecule has 0 bridgehead atoms. The Morgan fingerprint density at radius 2 is 1.93 bits per heavy atom. The summed E-state index contributed by atoms with van der Waals surface area (Å²) in [5.74, 6) is 0.363. The molecule has 140 valence electrons. The van der Waals surface area contributed by atoms with Crippen LogP contribution in [0.3, 0.4) is 0 Å². The average Bonchev–Trinajstić information content (AvgIpc) is 3.38. The van der Waals surface area contributed by atoms with E-state index in [4.69, 9.17) is 5.26 Å². The van der Waals surface area contributed by atoms with E-state index in [9.17, 15) is 9.90 Å². The zero-order valence-corrected chi connectivity index (χ0v) is 15.5. The lowest BCUT2D eigenvalue weighted by molar-refractivity contribution is 0.0792. The van der Waals surface area contributed by atoms with Crippen molar-refractivity contribution in [2.75, 3.05) is 13.1 Å². The Bertz CT molecular complexity index is 1070. The van der Waals surface area contributed by atoms with Crippen LogP contribution < -0.4 is 0 Å². The van der Waals surface area contributed by atoms with Gasteiger partial charge in [0.15, 0.2) is 5.82 Å². The highest BCUT2D eigenvalue weighted by Crippen LogP contribution is 2.33. The highest BCUT2D eigenvalue weighted by molar-refractivity contribution is 5.94. The van der Waals surface area contributed by atoms with Gasteiger partial charge in [-0.05, 0) is 55.2 Å². The summed E-state index contributed by atoms with van der Waals surface area (Å²) in [7, 11) is 0. The van der Waals surface area contributed by atoms with E-state index in [1.165, 1.54) is 10.9 Å². The van der Waals surface area contributed by atoms with Gasteiger partial charge >= 0.3 is 0 Å². The first-order valence-electron chi connectivity index (χ1n) is 9.12. The number of carbonyl (C=O) groups excluding carboxylic acids is 1. The molecular weight excluding hydrogens is 354 g/mol. The van der Waals surface area contributed by atoms with Gasteiger partial charge in [-0.25, -0.2) is 4.98 Å². The van der Waals surface area contributed by atoms with Gasteiger partial charge < -0.3 is 10.0 Å². The molecule has 7 nitrogen and oxygen atoms in total. The minimum atomic E-state index is -0.0427. The standard InChI is InChI=1S/C21H19N5O2/c1-14-10-15(11-22)4-6-17(14)18-13-24-26(21(18)28)19-7-5-16(12-23-19)20(27)25-8-2-3-9-25/h4-7,10,12-13,28H,2-3,8-9H2,1H3. The number of aryl methyl sites for hydroxylation is 1. The van der Waals surface area contributed by atoms with Gasteiger partial charge in [-0.1, -0.05) is 6.07 Å². The number of carbonyl (C=O) groups is 1. The minimum absolute atomic E-state index is 0.0184. The molecule has 0 saturated carbocycles. The first-order valence-corrected chi connectivity index (χ1v) is 9.12. The Morgan fingerprint density at radius 1 is 1.14 bits per heavy atom. The number of hydrogen-bond donors (Lipinski definition) is 1. The maximum Gasteiger partial charge on any atom is 0.255 e. The SMILES string of the molecule is Cc1cc(C#N)ccc1-c1cnn(-c2ccc(C(=O)N3CCCC3)cn2)c1O. The lowest BCUT2D eigenvalue weighted by atomic mass is 10.0. The van der Waals surface area contributed by atoms with E-state index < -0.39 is 0 Å². The van der Waals surface area contributed by atoms with Crippen molar-refractivity contribution >= 4 is 5.91 Å². The summed E-state index contributed by atoms with van der Waals surface area (Å²) in [4.78, 5) is 18.6. The predicted molar refractivity (Wildman–Crippen MR) is 103 cm³/mol. The number of rotatable bonds is 3. The van der Waals surface area contributed by atoms with Crippen LogP contribution in [0.25, 0.3) is 16.9 Å². The fourth-order valence-corrected chi connectivity index (χ4v) is 3.48. The third-order valence-corrected chi connectivity index (χ3v) is 4.99. The maximum absolute atomic E-state index is 12.4. The molecule has 1 aromatic carbocycles. The molecule has 4 rings (SSSR count). The van der Waals surface area contributed by atoms with Gasteiger partial charge in [0.05, 0.1) is 29.0 Å². The molecule has 0 spiro atoms. The normalized spacial score (nSPS) is 13.5. The van der Waals surface area contributed by atoms with Crippen LogP contribution in [-0.4, -0.2) is 43.8 Å². The van der Waals surface area contributed by atoms with Crippen molar-refractivity contribution < 1.29 is 9.90 Å². The molecule has 1 fully saturated rings. The lowest BCUT2D eigenvalue weighted by Gasteiger charge is -2.15. The summed E-state index contributed by atoms with van der Waals surface area (Å²) in [5.41, 5.74) is 3.31. The number of aromatic nitrogens is 3. The summed E-state index contributed by atoms with van der Waals surface area (Å²) >= 11 is 0. The number of likely N-dealkylation sites (tertiary alicyclic amines) is 1. The number of pyridine rings is 1. The van der Waals surface area contributed by atoms with Crippen LogP contribution in [0.15, 0.2) is 42.7 Å². The third-order valence-electron chi connectivity index (χ3n) is 4.99. The zero-order valence-electron chi connectivity index (χ0n) is 15.5. The smallest absolute Gasteiger partial charge is 0.255 e. The Morgan fingerprint density at radius 3 is 2.57 bits per heavy atom. The van der Waals surface area contributed by atoms with Crippen LogP contribution in [0.2, 0.25) is 0 Å². The molecule has 1 saturated heterocycles. The van der Waals surface area contributed by atoms with E-state index in [2.05, 4.69) is 16.2 Å². The first kappa shape index (κ1) is 17.7. The topological polar surface area (TPSA) is 95.0 Å². The maximum atomic E-state index is 12.4. The van der Waals surface area contributed by atoms with E-state index in [1.54, 1.807) is 36.5 Å². The fourth-order valence-electron chi connectivity index (χ4n) is 3.48. The fraction of sp³-hybridized carbons (Fsp3) is 0.238. The Labute approximate surface area is 162 Å². The molecule has 0 unspecified atom stereocenters. The zero-order chi connectivity index (χ0) is 19.7. The molecule has 2 aromatic heterocycles. The van der Waals surface area contributed by atoms with E-state index in [1.807, 2.05) is 11.8 Å². The van der Waals surface area contributed by atoms with Gasteiger partial charge in [0.2, 0.25) is 5.88 Å². The summed E-state index contributed by atoms with van der Waals surface area (Å²) in [6.07, 6.45) is 5.16. The summed E-state index contributed by atoms with van der Waals surface area (Å²) in [6, 6.07) is 10.7. The van der Waals surface area contributed by atoms with Crippen LogP contribution >= 0.6 is 0 Å². The van der Waals surface area contributed by atoms with Crippen LogP contribution in [0.4, 0.5) is 0 Å². The number of amides is 1. The highest BCUT2D eigenvalue weighted by Gasteiger charge is 2.20. The van der Waals surface area contributed by atoms with Crippen LogP contribution in [-0.2, 0) is 0 Å². The number of nitrogens with zero attached hydrogens (tertiary/aromatic N) is 5. The van der Waals surface area contributed by atoms with Gasteiger partial charge in [-0.3, -0.25) is 4.79 Å². The number of hydrogen-bond acceptors (Lipinski definition) is 5. The molecule has 1 aliphatic rings. The average molecular weight is 373 g/mol. The molecular formula is C21H19N5O2. The Hall–Kier alpha value is -3.66. The molecule has 1 N–H and O–H groups in total. The first-order chi connectivity index (χ1) is 13.6. The third kappa shape index (κ3) is 3.09. The van der Waals surface area contributed by atoms with Crippen molar-refractivity contribution in [1.29, 1.82) is 5.26 Å². The van der Waals surface area contributed by atoms with Crippen molar-refractivity contribution in [3.05, 3.63) is 59.4 Å². The predicted octanol–water partition coefficient (Wildman–Crippen LogP) is 3.06. The van der Waals surface area contributed by atoms with Gasteiger partial charge in [-0.2, -0.15) is 15.0 Å². The van der Waals surface area contributed by atoms with Gasteiger partial charge in [0.25, 0.3) is 5.91 Å². The molecule has 3 aromatic rings. The van der Waals surface area contributed by atoms with Crippen molar-refractivity contribution in [2.45, 2.75) is 19.8 Å². The lowest BCUT2D eigenvalue weighted by Crippen LogP contribution is -2.27. The Balaban J connectivity index is 1.62. The van der Waals surface area contributed by atoms with Crippen molar-refractivity contribution in [3.8, 4) is 28.9 Å². The molecule has 7 heteroatoms. The van der Waals surface area contributed by atoms with Crippen molar-refractivity contribution in [1.82, 2.24) is 19.7 Å². The van der Waals surface area contributed by atoms with Crippen molar-refractivity contribution in [3.63, 3.8) is 0 Å². The van der Waals surface area contributed by atoms with E-state index in [0.29, 0.717) is 22.5 Å². The van der Waals surface area contributed by atoms with Crippen LogP contribution in [0.1, 0.15) is 34.3 Å². The molecule has 0 atom stereocenters. The second-order valence-electron chi connectivity index (χ2n) is 6.84. The second kappa shape index (κ2) is 7.16. The summed E-state index contributed by atoms with van der Waals surface area (Å²) < 4.78 is 1.33. The van der Waals surface area contributed by atoms with Crippen LogP contribution in [0.5, 0.6) is 5.88 Å². The second-order valence-corrected chi connectivity index (χ2v) is 6.84. The molecule has 0 aliphatic carbocycles. The summed E-state index contributed by atoms with van der Waals surface area (Å²) in [5, 5.41) is 23.9.